The third kappa shape index (κ3) is 2.55. The fourth-order valence-electron chi connectivity index (χ4n) is 1.62. The molecular formula is C11H16N6O. The van der Waals surface area contributed by atoms with Gasteiger partial charge in [-0.25, -0.2) is 9.67 Å². The van der Waals surface area contributed by atoms with Gasteiger partial charge in [-0.2, -0.15) is 10.2 Å². The van der Waals surface area contributed by atoms with E-state index in [1.807, 2.05) is 20.8 Å². The van der Waals surface area contributed by atoms with Crippen molar-refractivity contribution in [2.24, 2.45) is 0 Å². The van der Waals surface area contributed by atoms with Crippen LogP contribution in [0.4, 0.5) is 0 Å². The average molecular weight is 248 g/mol. The minimum absolute atomic E-state index is 0.215. The van der Waals surface area contributed by atoms with Gasteiger partial charge in [0, 0.05) is 11.7 Å². The lowest BCUT2D eigenvalue weighted by Crippen LogP contribution is -2.25. The first-order valence-electron chi connectivity index (χ1n) is 5.76. The molecule has 2 N–H and O–H groups in total. The Balaban J connectivity index is 1.99. The van der Waals surface area contributed by atoms with E-state index >= 15 is 0 Å². The predicted molar refractivity (Wildman–Crippen MR) is 64.9 cm³/mol. The van der Waals surface area contributed by atoms with E-state index in [1.54, 1.807) is 10.7 Å². The number of carbonyl (C=O) groups excluding carboxylic acids is 1. The number of amides is 1. The molecule has 2 aromatic heterocycles. The molecule has 18 heavy (non-hydrogen) atoms. The minimum atomic E-state index is -0.224. The third-order valence-corrected chi connectivity index (χ3v) is 2.48. The topological polar surface area (TPSA) is 88.5 Å². The molecule has 0 saturated heterocycles. The molecule has 0 atom stereocenters. The molecular weight excluding hydrogens is 232 g/mol. The van der Waals surface area contributed by atoms with Crippen LogP contribution in [-0.4, -0.2) is 30.9 Å². The second-order valence-corrected chi connectivity index (χ2v) is 4.33. The van der Waals surface area contributed by atoms with E-state index in [-0.39, 0.29) is 11.9 Å². The standard InChI is InChI=1S/C11H16N6O/c1-7(2)17-10(13-6-14-17)5-12-11(18)9-4-8(3)15-16-9/h4,6-7H,5H2,1-3H3,(H,12,18)(H,15,16). The van der Waals surface area contributed by atoms with E-state index in [0.29, 0.717) is 12.2 Å². The van der Waals surface area contributed by atoms with Crippen molar-refractivity contribution in [2.75, 3.05) is 0 Å². The smallest absolute Gasteiger partial charge is 0.272 e. The van der Waals surface area contributed by atoms with Crippen LogP contribution in [0.1, 0.15) is 41.9 Å². The van der Waals surface area contributed by atoms with Gasteiger partial charge in [0.05, 0.1) is 6.54 Å². The fourth-order valence-corrected chi connectivity index (χ4v) is 1.62. The summed E-state index contributed by atoms with van der Waals surface area (Å²) < 4.78 is 1.77. The molecule has 0 unspecified atom stereocenters. The summed E-state index contributed by atoms with van der Waals surface area (Å²) in [4.78, 5) is 15.9. The van der Waals surface area contributed by atoms with E-state index in [4.69, 9.17) is 0 Å². The highest BCUT2D eigenvalue weighted by molar-refractivity contribution is 5.92. The quantitative estimate of drug-likeness (QED) is 0.838. The van der Waals surface area contributed by atoms with Gasteiger partial charge < -0.3 is 5.32 Å². The Morgan fingerprint density at radius 1 is 1.56 bits per heavy atom. The first-order valence-corrected chi connectivity index (χ1v) is 5.76. The number of nitrogens with zero attached hydrogens (tertiary/aromatic N) is 4. The monoisotopic (exact) mass is 248 g/mol. The summed E-state index contributed by atoms with van der Waals surface area (Å²) in [6.07, 6.45) is 1.49. The van der Waals surface area contributed by atoms with Crippen LogP contribution in [0, 0.1) is 6.92 Å². The lowest BCUT2D eigenvalue weighted by Gasteiger charge is -2.09. The lowest BCUT2D eigenvalue weighted by molar-refractivity contribution is 0.0944. The van der Waals surface area contributed by atoms with Crippen molar-refractivity contribution in [3.63, 3.8) is 0 Å². The predicted octanol–water partition coefficient (Wildman–Crippen LogP) is 0.821. The fraction of sp³-hybridized carbons (Fsp3) is 0.455. The van der Waals surface area contributed by atoms with Crippen molar-refractivity contribution in [1.29, 1.82) is 0 Å². The first kappa shape index (κ1) is 12.3. The number of hydrogen-bond acceptors (Lipinski definition) is 4. The van der Waals surface area contributed by atoms with Gasteiger partial charge in [0.2, 0.25) is 0 Å². The maximum atomic E-state index is 11.8. The molecule has 2 heterocycles. The summed E-state index contributed by atoms with van der Waals surface area (Å²) in [5.74, 6) is 0.503. The Bertz CT molecular complexity index is 541. The van der Waals surface area contributed by atoms with Crippen LogP contribution in [0.25, 0.3) is 0 Å². The number of aromatic nitrogens is 5. The summed E-state index contributed by atoms with van der Waals surface area (Å²) in [6, 6.07) is 1.91. The van der Waals surface area contributed by atoms with Gasteiger partial charge in [0.25, 0.3) is 5.91 Å². The minimum Gasteiger partial charge on any atom is -0.343 e. The highest BCUT2D eigenvalue weighted by atomic mass is 16.1. The van der Waals surface area contributed by atoms with Crippen LogP contribution < -0.4 is 5.32 Å². The molecule has 0 aliphatic heterocycles. The van der Waals surface area contributed by atoms with Crippen LogP contribution in [0.5, 0.6) is 0 Å². The largest absolute Gasteiger partial charge is 0.343 e. The van der Waals surface area contributed by atoms with E-state index in [0.717, 1.165) is 11.5 Å². The number of nitrogens with one attached hydrogen (secondary N) is 2. The molecule has 2 rings (SSSR count). The van der Waals surface area contributed by atoms with Gasteiger partial charge >= 0.3 is 0 Å². The van der Waals surface area contributed by atoms with Crippen LogP contribution in [0.2, 0.25) is 0 Å². The zero-order valence-corrected chi connectivity index (χ0v) is 10.6. The van der Waals surface area contributed by atoms with E-state index in [1.165, 1.54) is 6.33 Å². The molecule has 0 fully saturated rings. The summed E-state index contributed by atoms with van der Waals surface area (Å²) in [5.41, 5.74) is 1.23. The van der Waals surface area contributed by atoms with Crippen molar-refractivity contribution in [3.05, 3.63) is 29.6 Å². The van der Waals surface area contributed by atoms with Crippen molar-refractivity contribution in [1.82, 2.24) is 30.3 Å². The first-order chi connectivity index (χ1) is 8.58. The molecule has 96 valence electrons. The van der Waals surface area contributed by atoms with Gasteiger partial charge in [0.1, 0.15) is 17.8 Å². The van der Waals surface area contributed by atoms with Crippen molar-refractivity contribution in [2.45, 2.75) is 33.4 Å². The lowest BCUT2D eigenvalue weighted by atomic mass is 10.3. The zero-order valence-electron chi connectivity index (χ0n) is 10.6. The Morgan fingerprint density at radius 3 is 2.94 bits per heavy atom. The number of rotatable bonds is 4. The van der Waals surface area contributed by atoms with Crippen molar-refractivity contribution >= 4 is 5.91 Å². The summed E-state index contributed by atoms with van der Waals surface area (Å²) in [6.45, 7) is 6.20. The van der Waals surface area contributed by atoms with Crippen LogP contribution in [0.15, 0.2) is 12.4 Å². The summed E-state index contributed by atoms with van der Waals surface area (Å²) >= 11 is 0. The average Bonchev–Trinajstić information content (AvgIpc) is 2.94. The van der Waals surface area contributed by atoms with Crippen LogP contribution >= 0.6 is 0 Å². The number of aromatic amines is 1. The van der Waals surface area contributed by atoms with Gasteiger partial charge in [0.15, 0.2) is 0 Å². The molecule has 0 bridgehead atoms. The number of carbonyl (C=O) groups is 1. The Labute approximate surface area is 105 Å². The van der Waals surface area contributed by atoms with Gasteiger partial charge in [-0.1, -0.05) is 0 Å². The molecule has 7 nitrogen and oxygen atoms in total. The van der Waals surface area contributed by atoms with Crippen molar-refractivity contribution in [3.8, 4) is 0 Å². The normalized spacial score (nSPS) is 10.9. The molecule has 0 aliphatic carbocycles. The number of hydrogen-bond donors (Lipinski definition) is 2. The Hall–Kier alpha value is -2.18. The molecule has 7 heteroatoms. The second kappa shape index (κ2) is 4.99. The highest BCUT2D eigenvalue weighted by Gasteiger charge is 2.12. The SMILES string of the molecule is Cc1cc(C(=O)NCc2ncnn2C(C)C)n[nH]1. The molecule has 1 amide bonds. The summed E-state index contributed by atoms with van der Waals surface area (Å²) in [5, 5.41) is 13.5. The number of H-pyrrole nitrogens is 1. The van der Waals surface area contributed by atoms with E-state index in [2.05, 4.69) is 25.6 Å². The Kier molecular flexibility index (Phi) is 3.40. The maximum absolute atomic E-state index is 11.8. The van der Waals surface area contributed by atoms with Gasteiger partial charge in [-0.3, -0.25) is 9.89 Å². The molecule has 2 aromatic rings. The van der Waals surface area contributed by atoms with Crippen LogP contribution in [0.3, 0.4) is 0 Å². The molecule has 0 radical (unpaired) electrons. The maximum Gasteiger partial charge on any atom is 0.272 e. The molecule has 0 aromatic carbocycles. The van der Waals surface area contributed by atoms with Crippen molar-refractivity contribution < 1.29 is 4.79 Å². The van der Waals surface area contributed by atoms with Gasteiger partial charge in [-0.15, -0.1) is 0 Å². The second-order valence-electron chi connectivity index (χ2n) is 4.33. The van der Waals surface area contributed by atoms with Gasteiger partial charge in [-0.05, 0) is 26.8 Å². The molecule has 0 aliphatic rings. The highest BCUT2D eigenvalue weighted by Crippen LogP contribution is 2.05. The zero-order chi connectivity index (χ0) is 13.1. The van der Waals surface area contributed by atoms with Crippen LogP contribution in [-0.2, 0) is 6.54 Å². The Morgan fingerprint density at radius 2 is 2.33 bits per heavy atom. The summed E-state index contributed by atoms with van der Waals surface area (Å²) in [7, 11) is 0. The van der Waals surface area contributed by atoms with E-state index < -0.39 is 0 Å². The number of aryl methyl sites for hydroxylation is 1. The molecule has 0 spiro atoms. The van der Waals surface area contributed by atoms with E-state index in [9.17, 15) is 4.79 Å². The third-order valence-electron chi connectivity index (χ3n) is 2.48. The molecule has 0 saturated carbocycles.